The van der Waals surface area contributed by atoms with Crippen LogP contribution in [-0.4, -0.2) is 0 Å². The highest BCUT2D eigenvalue weighted by Crippen LogP contribution is 2.14. The molecular weight excluding hydrogens is 184 g/mol. The van der Waals surface area contributed by atoms with Gasteiger partial charge in [-0.2, -0.15) is 5.26 Å². The first-order valence-corrected chi connectivity index (χ1v) is 3.97. The molecule has 1 rings (SSSR count). The third-order valence-corrected chi connectivity index (χ3v) is 1.73. The maximum Gasteiger partial charge on any atom is 0.162 e. The van der Waals surface area contributed by atoms with E-state index in [1.165, 1.54) is 13.0 Å². The van der Waals surface area contributed by atoms with Crippen LogP contribution in [0.25, 0.3) is 0 Å². The Hall–Kier alpha value is -1.87. The van der Waals surface area contributed by atoms with E-state index in [1.54, 1.807) is 0 Å². The van der Waals surface area contributed by atoms with Crippen LogP contribution in [0.4, 0.5) is 8.78 Å². The van der Waals surface area contributed by atoms with Crippen molar-refractivity contribution in [1.82, 2.24) is 0 Å². The molecule has 0 saturated heterocycles. The number of nitrogens with zero attached hydrogens (tertiary/aromatic N) is 1. The number of halogens is 2. The molecule has 1 aromatic rings. The standard InChI is InChI=1S/C11H7F2N/c1-8-9(4-2-3-7-14)5-6-10(12)11(8)13/h5-6H,3H2,1H3. The van der Waals surface area contributed by atoms with Crippen molar-refractivity contribution in [2.45, 2.75) is 13.3 Å². The highest BCUT2D eigenvalue weighted by Gasteiger charge is 2.07. The summed E-state index contributed by atoms with van der Waals surface area (Å²) < 4.78 is 25.7. The molecule has 0 fully saturated rings. The maximum absolute atomic E-state index is 13.0. The van der Waals surface area contributed by atoms with Crippen LogP contribution in [-0.2, 0) is 0 Å². The average Bonchev–Trinajstić information content (AvgIpc) is 2.18. The van der Waals surface area contributed by atoms with Gasteiger partial charge in [0.2, 0.25) is 0 Å². The zero-order valence-electron chi connectivity index (χ0n) is 7.56. The Morgan fingerprint density at radius 3 is 2.71 bits per heavy atom. The van der Waals surface area contributed by atoms with Crippen molar-refractivity contribution < 1.29 is 8.78 Å². The van der Waals surface area contributed by atoms with Crippen LogP contribution in [0, 0.1) is 41.7 Å². The molecule has 1 nitrogen and oxygen atoms in total. The lowest BCUT2D eigenvalue weighted by molar-refractivity contribution is 0.502. The van der Waals surface area contributed by atoms with Gasteiger partial charge in [0.15, 0.2) is 11.6 Å². The van der Waals surface area contributed by atoms with E-state index in [2.05, 4.69) is 11.8 Å². The monoisotopic (exact) mass is 191 g/mol. The highest BCUT2D eigenvalue weighted by molar-refractivity contribution is 5.41. The van der Waals surface area contributed by atoms with E-state index in [1.807, 2.05) is 6.07 Å². The van der Waals surface area contributed by atoms with Crippen LogP contribution < -0.4 is 0 Å². The lowest BCUT2D eigenvalue weighted by Gasteiger charge is -1.99. The van der Waals surface area contributed by atoms with E-state index in [0.29, 0.717) is 5.56 Å². The average molecular weight is 191 g/mol. The second kappa shape index (κ2) is 4.39. The van der Waals surface area contributed by atoms with Crippen molar-refractivity contribution in [3.63, 3.8) is 0 Å². The van der Waals surface area contributed by atoms with Crippen molar-refractivity contribution >= 4 is 0 Å². The minimum Gasteiger partial charge on any atom is -0.204 e. The summed E-state index contributed by atoms with van der Waals surface area (Å²) in [6.45, 7) is 1.45. The van der Waals surface area contributed by atoms with E-state index in [-0.39, 0.29) is 12.0 Å². The fourth-order valence-corrected chi connectivity index (χ4v) is 0.966. The van der Waals surface area contributed by atoms with Crippen molar-refractivity contribution in [3.8, 4) is 17.9 Å². The Bertz CT molecular complexity index is 447. The molecule has 0 N–H and O–H groups in total. The Kier molecular flexibility index (Phi) is 3.20. The minimum absolute atomic E-state index is 0.0818. The van der Waals surface area contributed by atoms with Crippen LogP contribution >= 0.6 is 0 Å². The summed E-state index contributed by atoms with van der Waals surface area (Å²) in [6.07, 6.45) is 0.0818. The van der Waals surface area contributed by atoms with Gasteiger partial charge in [-0.3, -0.25) is 0 Å². The Balaban J connectivity index is 3.09. The first-order valence-electron chi connectivity index (χ1n) is 3.97. The van der Waals surface area contributed by atoms with Gasteiger partial charge < -0.3 is 0 Å². The van der Waals surface area contributed by atoms with Crippen molar-refractivity contribution in [2.75, 3.05) is 0 Å². The smallest absolute Gasteiger partial charge is 0.162 e. The van der Waals surface area contributed by atoms with Crippen LogP contribution in [0.2, 0.25) is 0 Å². The number of benzene rings is 1. The predicted molar refractivity (Wildman–Crippen MR) is 48.2 cm³/mol. The summed E-state index contributed by atoms with van der Waals surface area (Å²) in [7, 11) is 0. The first-order chi connectivity index (χ1) is 6.66. The summed E-state index contributed by atoms with van der Waals surface area (Å²) in [4.78, 5) is 0. The van der Waals surface area contributed by atoms with Crippen molar-refractivity contribution in [1.29, 1.82) is 5.26 Å². The van der Waals surface area contributed by atoms with E-state index in [9.17, 15) is 8.78 Å². The lowest BCUT2D eigenvalue weighted by atomic mass is 10.1. The van der Waals surface area contributed by atoms with E-state index >= 15 is 0 Å². The number of rotatable bonds is 0. The molecule has 14 heavy (non-hydrogen) atoms. The van der Waals surface area contributed by atoms with Crippen molar-refractivity contribution in [2.24, 2.45) is 0 Å². The van der Waals surface area contributed by atoms with Crippen LogP contribution in [0.15, 0.2) is 12.1 Å². The molecule has 3 heteroatoms. The van der Waals surface area contributed by atoms with Crippen LogP contribution in [0.3, 0.4) is 0 Å². The molecule has 0 aliphatic rings. The van der Waals surface area contributed by atoms with Gasteiger partial charge in [-0.05, 0) is 19.1 Å². The molecule has 0 heterocycles. The first kappa shape index (κ1) is 10.2. The predicted octanol–water partition coefficient (Wildman–Crippen LogP) is 2.54. The maximum atomic E-state index is 13.0. The quantitative estimate of drug-likeness (QED) is 0.578. The molecule has 0 aliphatic heterocycles. The SMILES string of the molecule is Cc1c(C#CCC#N)ccc(F)c1F. The number of nitriles is 1. The van der Waals surface area contributed by atoms with Gasteiger partial charge in [0.05, 0.1) is 12.5 Å². The fraction of sp³-hybridized carbons (Fsp3) is 0.182. The molecule has 0 unspecified atom stereocenters. The van der Waals surface area contributed by atoms with Gasteiger partial charge >= 0.3 is 0 Å². The second-order valence-corrected chi connectivity index (χ2v) is 2.67. The third-order valence-electron chi connectivity index (χ3n) is 1.73. The fourth-order valence-electron chi connectivity index (χ4n) is 0.966. The van der Waals surface area contributed by atoms with Crippen LogP contribution in [0.5, 0.6) is 0 Å². The Labute approximate surface area is 81.0 Å². The minimum atomic E-state index is -0.881. The topological polar surface area (TPSA) is 23.8 Å². The van der Waals surface area contributed by atoms with Gasteiger partial charge in [0.1, 0.15) is 0 Å². The highest BCUT2D eigenvalue weighted by atomic mass is 19.2. The van der Waals surface area contributed by atoms with E-state index in [4.69, 9.17) is 5.26 Å². The summed E-state index contributed by atoms with van der Waals surface area (Å²) in [5.74, 6) is 3.38. The van der Waals surface area contributed by atoms with E-state index < -0.39 is 11.6 Å². The number of hydrogen-bond acceptors (Lipinski definition) is 1. The molecule has 1 aromatic carbocycles. The molecule has 0 radical (unpaired) electrons. The largest absolute Gasteiger partial charge is 0.204 e. The Morgan fingerprint density at radius 2 is 2.07 bits per heavy atom. The van der Waals surface area contributed by atoms with Gasteiger partial charge in [0, 0.05) is 11.1 Å². The molecule has 70 valence electrons. The molecule has 0 aliphatic carbocycles. The van der Waals surface area contributed by atoms with Gasteiger partial charge in [-0.25, -0.2) is 8.78 Å². The number of hydrogen-bond donors (Lipinski definition) is 0. The molecule has 0 aromatic heterocycles. The molecular formula is C11H7F2N. The van der Waals surface area contributed by atoms with Crippen molar-refractivity contribution in [3.05, 3.63) is 34.9 Å². The molecule has 0 atom stereocenters. The Morgan fingerprint density at radius 1 is 1.36 bits per heavy atom. The second-order valence-electron chi connectivity index (χ2n) is 2.67. The normalized spacial score (nSPS) is 8.71. The van der Waals surface area contributed by atoms with Crippen LogP contribution in [0.1, 0.15) is 17.5 Å². The van der Waals surface area contributed by atoms with E-state index in [0.717, 1.165) is 6.07 Å². The summed E-state index contributed by atoms with van der Waals surface area (Å²) in [5.41, 5.74) is 0.592. The zero-order chi connectivity index (χ0) is 10.6. The van der Waals surface area contributed by atoms with Gasteiger partial charge in [-0.1, -0.05) is 11.8 Å². The zero-order valence-corrected chi connectivity index (χ0v) is 7.56. The third kappa shape index (κ3) is 2.08. The summed E-state index contributed by atoms with van der Waals surface area (Å²) >= 11 is 0. The van der Waals surface area contributed by atoms with Gasteiger partial charge in [0.25, 0.3) is 0 Å². The molecule has 0 saturated carbocycles. The molecule has 0 amide bonds. The molecule has 0 spiro atoms. The summed E-state index contributed by atoms with van der Waals surface area (Å²) in [5, 5.41) is 8.23. The molecule has 0 bridgehead atoms. The van der Waals surface area contributed by atoms with Gasteiger partial charge in [-0.15, -0.1) is 0 Å². The summed E-state index contributed by atoms with van der Waals surface area (Å²) in [6, 6.07) is 4.27. The lowest BCUT2D eigenvalue weighted by Crippen LogP contribution is -1.92.